The third-order valence-corrected chi connectivity index (χ3v) is 31.0. The molecule has 3 aliphatic heterocycles. The van der Waals surface area contributed by atoms with Crippen LogP contribution >= 0.6 is 22.6 Å². The van der Waals surface area contributed by atoms with Crippen LogP contribution < -0.4 is 26.6 Å². The minimum absolute atomic E-state index is 0.0329. The van der Waals surface area contributed by atoms with E-state index in [9.17, 15) is 14.4 Å². The number of hydrogen-bond donors (Lipinski definition) is 7. The van der Waals surface area contributed by atoms with E-state index >= 15 is 0 Å². The summed E-state index contributed by atoms with van der Waals surface area (Å²) in [5, 5.41) is 24.1. The van der Waals surface area contributed by atoms with Crippen LogP contribution in [0.25, 0.3) is 66.9 Å². The van der Waals surface area contributed by atoms with Gasteiger partial charge in [0.2, 0.25) is 17.7 Å². The standard InChI is InChI=1S/C33H43N5O4Si.C28H40N4O4Si.C27H29N5O3.C6H14N2.C5H4IN/c1-40-14-11-33(12-15-41-2)27-19-28-26(18-29(27)38(32(33)39)24-9-7-13-34-20-24)25-10-6-8-23-21-37(36-30(23)31(25)35-28)22-42-16-17-43(3,4)5;1-34-11-9-28(10-12-35-2)22-16-23-21(15-24(22)30-27(28)33)20-8-6-7-19-17-32(31-25(19)26(20)29-23)18-36-13-14-37(3,4)5;1-34-11-8-27(9-12-35-2)21-14-22-20(13-23(21)32(26(27)33)18-6-4-10-28-16-18)19-7-3-5-17-15-29-31-24(17)25(19)30-22;7-5-3-1-2-4-6(5)8;6-5-2-1-3-7-4-5/h7,9,13,18-21,35H,6,8,10-12,14-17,22H2,1-5H3;15-17,29H,6-14,18H2,1-5H3,(H,30,33);4,6,10,13-16,30H,3,5,7-9,11-12H2,1-2H3,(H,29,31);5-6H,1-4,7-8H2;1-4H/t;;;5-,6-;/m...0./s1. The molecule has 4 aliphatic carbocycles. The molecule has 0 spiro atoms. The topological polar surface area (TPSA) is 346 Å². The lowest BCUT2D eigenvalue weighted by molar-refractivity contribution is -0.124. The van der Waals surface area contributed by atoms with Crippen molar-refractivity contribution in [2.75, 3.05) is 111 Å². The summed E-state index contributed by atoms with van der Waals surface area (Å²) in [5.41, 5.74) is 33.5. The molecule has 19 rings (SSSR count). The SMILES string of the molecule is COCCC1(CCOC)C(=O)N(c2cccnc2)c2cc3c4c([nH]c3cc21)-c1[nH]ncc1CCC4.COCCC1(CCOC)C(=O)N(c2cccnc2)c2cc3c4c([nH]c3cc21)-c1nn(COCC[Si](C)(C)C)cc1CCC4.COCCC1(CCOC)C(=O)Nc2cc3c4c([nH]c3cc21)-c1nn(COCC[Si](C)(C)C)cc1CCC4.Ic1cccnc1.N[C@H]1CCCC[C@@H]1N. The zero-order chi connectivity index (χ0) is 91.5. The first-order valence-corrected chi connectivity index (χ1v) is 54.6. The highest BCUT2D eigenvalue weighted by Gasteiger charge is 2.54. The van der Waals surface area contributed by atoms with Crippen LogP contribution in [0.4, 0.5) is 28.4 Å². The summed E-state index contributed by atoms with van der Waals surface area (Å²) in [7, 11) is 7.82. The van der Waals surface area contributed by atoms with Crippen molar-refractivity contribution < 1.29 is 52.3 Å². The van der Waals surface area contributed by atoms with Crippen molar-refractivity contribution in [3.8, 4) is 34.2 Å². The molecule has 31 heteroatoms. The van der Waals surface area contributed by atoms with Gasteiger partial charge in [-0.3, -0.25) is 44.2 Å². The third-order valence-electron chi connectivity index (χ3n) is 26.9. The molecule has 1 saturated carbocycles. The van der Waals surface area contributed by atoms with Gasteiger partial charge in [-0.05, 0) is 267 Å². The number of halogens is 1. The third kappa shape index (κ3) is 20.4. The molecule has 9 aromatic heterocycles. The van der Waals surface area contributed by atoms with Gasteiger partial charge in [-0.15, -0.1) is 0 Å². The predicted octanol–water partition coefficient (Wildman–Crippen LogP) is 17.6. The molecule has 0 saturated heterocycles. The Morgan fingerprint density at radius 3 is 1.25 bits per heavy atom. The first-order chi connectivity index (χ1) is 62.9. The Hall–Kier alpha value is -9.47. The van der Waals surface area contributed by atoms with Gasteiger partial charge in [-0.1, -0.05) is 52.1 Å². The number of aryl methyl sites for hydroxylation is 6. The van der Waals surface area contributed by atoms with Crippen molar-refractivity contribution in [1.82, 2.24) is 59.7 Å². The molecule has 692 valence electrons. The predicted molar refractivity (Wildman–Crippen MR) is 526 cm³/mol. The van der Waals surface area contributed by atoms with E-state index in [2.05, 4.69) is 156 Å². The molecular weight excluding hydrogens is 1790 g/mol. The second-order valence-corrected chi connectivity index (χ2v) is 50.5. The molecule has 12 heterocycles. The van der Waals surface area contributed by atoms with E-state index < -0.39 is 32.4 Å². The molecule has 1 fully saturated rings. The van der Waals surface area contributed by atoms with Gasteiger partial charge in [-0.2, -0.15) is 15.3 Å². The Bertz CT molecular complexity index is 5840. The highest BCUT2D eigenvalue weighted by Crippen LogP contribution is 2.55. The zero-order valence-corrected chi connectivity index (χ0v) is 81.9. The number of fused-ring (bicyclic) bond motifs is 18. The fourth-order valence-corrected chi connectivity index (χ4v) is 21.5. The van der Waals surface area contributed by atoms with Crippen LogP contribution in [0.5, 0.6) is 0 Å². The quantitative estimate of drug-likeness (QED) is 0.0125. The monoisotopic (exact) mass is 1920 g/mol. The normalized spacial score (nSPS) is 17.2. The number of amides is 3. The fraction of sp³-hybridized carbons (Fsp3) is 0.485. The van der Waals surface area contributed by atoms with E-state index in [-0.39, 0.29) is 29.8 Å². The molecule has 0 unspecified atom stereocenters. The van der Waals surface area contributed by atoms with E-state index in [1.54, 1.807) is 73.6 Å². The summed E-state index contributed by atoms with van der Waals surface area (Å²) >= 11 is 2.22. The average molecular weight is 1920 g/mol. The lowest BCUT2D eigenvalue weighted by Crippen LogP contribution is -2.43. The molecule has 28 nitrogen and oxygen atoms in total. The van der Waals surface area contributed by atoms with Crippen molar-refractivity contribution in [2.24, 2.45) is 11.5 Å². The van der Waals surface area contributed by atoms with Gasteiger partial charge in [0.25, 0.3) is 0 Å². The van der Waals surface area contributed by atoms with Gasteiger partial charge >= 0.3 is 0 Å². The number of pyridine rings is 3. The number of anilines is 5. The van der Waals surface area contributed by atoms with E-state index in [4.69, 9.17) is 59.6 Å². The highest BCUT2D eigenvalue weighted by molar-refractivity contribution is 14.1. The van der Waals surface area contributed by atoms with Gasteiger partial charge in [0.1, 0.15) is 24.8 Å². The maximum atomic E-state index is 14.4. The smallest absolute Gasteiger partial charge is 0.242 e. The van der Waals surface area contributed by atoms with Crippen LogP contribution in [0.2, 0.25) is 51.4 Å². The summed E-state index contributed by atoms with van der Waals surface area (Å²) < 4.78 is 49.8. The van der Waals surface area contributed by atoms with Crippen LogP contribution in [0.3, 0.4) is 0 Å². The maximum Gasteiger partial charge on any atom is 0.242 e. The minimum Gasteiger partial charge on any atom is -0.385 e. The molecule has 130 heavy (non-hydrogen) atoms. The Morgan fingerprint density at radius 2 is 0.854 bits per heavy atom. The number of benzene rings is 3. The Morgan fingerprint density at radius 1 is 0.454 bits per heavy atom. The second kappa shape index (κ2) is 42.2. The van der Waals surface area contributed by atoms with Crippen LogP contribution in [0, 0.1) is 3.57 Å². The molecule has 3 amide bonds. The van der Waals surface area contributed by atoms with E-state index in [0.29, 0.717) is 91.6 Å². The zero-order valence-electron chi connectivity index (χ0n) is 77.7. The maximum absolute atomic E-state index is 14.4. The second-order valence-electron chi connectivity index (χ2n) is 38.0. The fourth-order valence-electron chi connectivity index (χ4n) is 19.7. The molecule has 0 radical (unpaired) electrons. The van der Waals surface area contributed by atoms with Crippen molar-refractivity contribution in [3.63, 3.8) is 0 Å². The van der Waals surface area contributed by atoms with Gasteiger partial charge in [0.15, 0.2) is 0 Å². The van der Waals surface area contributed by atoms with E-state index in [1.807, 2.05) is 68.0 Å². The Labute approximate surface area is 778 Å². The number of carbonyl (C=O) groups is 3. The highest BCUT2D eigenvalue weighted by atomic mass is 127. The van der Waals surface area contributed by atoms with Crippen LogP contribution in [-0.4, -0.2) is 201 Å². The van der Waals surface area contributed by atoms with Crippen molar-refractivity contribution in [2.45, 2.75) is 215 Å². The average Bonchev–Trinajstić information content (AvgIpc) is 1.56. The summed E-state index contributed by atoms with van der Waals surface area (Å²) in [4.78, 5) is 69.3. The van der Waals surface area contributed by atoms with Crippen molar-refractivity contribution in [3.05, 3.63) is 182 Å². The lowest BCUT2D eigenvalue weighted by Gasteiger charge is -2.28. The summed E-state index contributed by atoms with van der Waals surface area (Å²) in [6.07, 6.45) is 34.1. The van der Waals surface area contributed by atoms with Gasteiger partial charge in [-0.25, -0.2) is 9.36 Å². The number of rotatable bonds is 30. The number of methoxy groups -OCH3 is 6. The van der Waals surface area contributed by atoms with E-state index in [1.165, 1.54) is 49.8 Å². The van der Waals surface area contributed by atoms with Gasteiger partial charge < -0.3 is 69.6 Å². The number of ether oxygens (including phenoxy) is 8. The van der Waals surface area contributed by atoms with Crippen LogP contribution in [-0.2, 0) is 121 Å². The summed E-state index contributed by atoms with van der Waals surface area (Å²) in [6.45, 7) is 19.6. The molecule has 7 aliphatic rings. The number of hydrogen-bond acceptors (Lipinski definition) is 19. The summed E-state index contributed by atoms with van der Waals surface area (Å²) in [6, 6.07) is 27.5. The number of nitrogens with two attached hydrogens (primary N) is 2. The lowest BCUT2D eigenvalue weighted by atomic mass is 9.76. The molecule has 0 bridgehead atoms. The van der Waals surface area contributed by atoms with Gasteiger partial charge in [0.05, 0.1) is 80.4 Å². The number of nitrogens with zero attached hydrogens (tertiary/aromatic N) is 10. The number of H-pyrrole nitrogens is 4. The Kier molecular flexibility index (Phi) is 30.9. The first-order valence-electron chi connectivity index (χ1n) is 46.1. The molecule has 3 aromatic carbocycles. The van der Waals surface area contributed by atoms with Crippen molar-refractivity contribution in [1.29, 1.82) is 0 Å². The molecule has 9 N–H and O–H groups in total. The van der Waals surface area contributed by atoms with E-state index in [0.717, 1.165) is 208 Å². The number of aromatic nitrogens is 12. The molecule has 2 atom stereocenters. The number of nitrogens with one attached hydrogen (secondary N) is 5. The Balaban J connectivity index is 0.000000138. The van der Waals surface area contributed by atoms with Crippen molar-refractivity contribution >= 4 is 118 Å². The number of aromatic amines is 4. The summed E-state index contributed by atoms with van der Waals surface area (Å²) in [5.74, 6) is 0.119. The number of carbonyl (C=O) groups excluding carboxylic acids is 3. The first kappa shape index (κ1) is 95.2. The van der Waals surface area contributed by atoms with Crippen LogP contribution in [0.15, 0.2) is 129 Å². The van der Waals surface area contributed by atoms with Crippen LogP contribution in [0.1, 0.15) is 134 Å². The van der Waals surface area contributed by atoms with Gasteiger partial charge in [0, 0.05) is 203 Å². The molecule has 12 aromatic rings. The largest absolute Gasteiger partial charge is 0.385 e. The minimum atomic E-state index is -1.14. The molecular formula is C99H130IN17O11Si2.